The van der Waals surface area contributed by atoms with Gasteiger partial charge in [-0.3, -0.25) is 4.52 Å². The lowest BCUT2D eigenvalue weighted by Gasteiger charge is -2.22. The van der Waals surface area contributed by atoms with Gasteiger partial charge in [-0.1, -0.05) is 70.4 Å². The van der Waals surface area contributed by atoms with Crippen molar-refractivity contribution in [1.82, 2.24) is 0 Å². The fourth-order valence-corrected chi connectivity index (χ4v) is 5.06. The van der Waals surface area contributed by atoms with Crippen molar-refractivity contribution in [1.29, 1.82) is 0 Å². The normalized spacial score (nSPS) is 11.5. The van der Waals surface area contributed by atoms with Crippen LogP contribution < -0.4 is 9.83 Å². The molecule has 4 heteroatoms. The van der Waals surface area contributed by atoms with Gasteiger partial charge in [-0.25, -0.2) is 0 Å². The molecule has 0 amide bonds. The molecule has 0 radical (unpaired) electrons. The molecular weight excluding hydrogens is 367 g/mol. The minimum Gasteiger partial charge on any atom is -0.281 e. The number of hydrogen-bond acceptors (Lipinski definition) is 3. The van der Waals surface area contributed by atoms with Crippen LogP contribution in [0.4, 0.5) is 0 Å². The molecule has 0 spiro atoms. The Labute approximate surface area is 172 Å². The zero-order chi connectivity index (χ0) is 20.1. The van der Waals surface area contributed by atoms with Crippen molar-refractivity contribution in [2.45, 2.75) is 65.7 Å². The summed E-state index contributed by atoms with van der Waals surface area (Å²) < 4.78 is 19.2. The third-order valence-corrected chi connectivity index (χ3v) is 6.99. The molecule has 0 N–H and O–H groups in total. The van der Waals surface area contributed by atoms with Crippen LogP contribution >= 0.6 is 7.94 Å². The van der Waals surface area contributed by atoms with Crippen molar-refractivity contribution >= 4 is 13.2 Å². The first-order valence-corrected chi connectivity index (χ1v) is 12.3. The molecule has 0 bridgehead atoms. The van der Waals surface area contributed by atoms with Crippen molar-refractivity contribution in [3.63, 3.8) is 0 Å². The monoisotopic (exact) mass is 403 g/mol. The second kappa shape index (κ2) is 12.9. The van der Waals surface area contributed by atoms with Gasteiger partial charge in [0.2, 0.25) is 0 Å². The summed E-state index contributed by atoms with van der Waals surface area (Å²) in [5, 5.41) is 0.997. The maximum atomic E-state index is 6.51. The van der Waals surface area contributed by atoms with E-state index < -0.39 is 7.94 Å². The molecule has 2 aromatic carbocycles. The quantitative estimate of drug-likeness (QED) is 0.248. The van der Waals surface area contributed by atoms with Crippen LogP contribution in [-0.4, -0.2) is 13.2 Å². The summed E-state index contributed by atoms with van der Waals surface area (Å²) in [6.45, 7) is 7.83. The van der Waals surface area contributed by atoms with E-state index in [0.717, 1.165) is 43.2 Å². The molecule has 0 saturated heterocycles. The van der Waals surface area contributed by atoms with Gasteiger partial charge in [0.25, 0.3) is 0 Å². The topological polar surface area (TPSA) is 27.7 Å². The zero-order valence-corrected chi connectivity index (χ0v) is 18.6. The van der Waals surface area contributed by atoms with Gasteiger partial charge in [0.05, 0.1) is 13.2 Å². The third-order valence-electron chi connectivity index (χ3n) is 4.56. The summed E-state index contributed by atoms with van der Waals surface area (Å²) in [6.07, 6.45) is 7.66. The second-order valence-corrected chi connectivity index (χ2v) is 9.26. The summed E-state index contributed by atoms with van der Waals surface area (Å²) in [6, 6.07) is 18.6. The summed E-state index contributed by atoms with van der Waals surface area (Å²) in [5.74, 6) is 0.811. The van der Waals surface area contributed by atoms with Gasteiger partial charge in [0.1, 0.15) is 0 Å². The summed E-state index contributed by atoms with van der Waals surface area (Å²) in [4.78, 5) is 0. The van der Waals surface area contributed by atoms with Crippen molar-refractivity contribution in [3.8, 4) is 5.75 Å². The highest BCUT2D eigenvalue weighted by atomic mass is 31.2. The van der Waals surface area contributed by atoms with E-state index in [1.807, 2.05) is 18.2 Å². The fraction of sp³-hybridized carbons (Fsp3) is 0.500. The standard InChI is InChI=1S/C24H36O3P/c1-4-7-13-22-16-18-23(19-17-22)27-28(25-20-8-5-2,26-21-9-6-3)24-14-11-10-12-15-24/h10-12,14-19H,4-9,13,20-21H2,1-3H3/q+1. The summed E-state index contributed by atoms with van der Waals surface area (Å²) in [7, 11) is -2.67. The highest BCUT2D eigenvalue weighted by Gasteiger charge is 2.50. The lowest BCUT2D eigenvalue weighted by Crippen LogP contribution is -2.22. The molecule has 0 fully saturated rings. The smallest absolute Gasteiger partial charge is 0.281 e. The van der Waals surface area contributed by atoms with Crippen molar-refractivity contribution < 1.29 is 13.6 Å². The lowest BCUT2D eigenvalue weighted by molar-refractivity contribution is 0.187. The van der Waals surface area contributed by atoms with Gasteiger partial charge >= 0.3 is 7.94 Å². The Balaban J connectivity index is 2.26. The minimum absolute atomic E-state index is 0.639. The molecule has 2 aromatic rings. The molecule has 0 saturated carbocycles. The molecule has 0 unspecified atom stereocenters. The Bertz CT molecular complexity index is 633. The Morgan fingerprint density at radius 3 is 1.79 bits per heavy atom. The van der Waals surface area contributed by atoms with Crippen LogP contribution in [0.15, 0.2) is 54.6 Å². The summed E-state index contributed by atoms with van der Waals surface area (Å²) >= 11 is 0. The predicted molar refractivity (Wildman–Crippen MR) is 120 cm³/mol. The third kappa shape index (κ3) is 7.20. The van der Waals surface area contributed by atoms with E-state index in [1.54, 1.807) is 0 Å². The Kier molecular flexibility index (Phi) is 10.6. The number of benzene rings is 2. The summed E-state index contributed by atoms with van der Waals surface area (Å²) in [5.41, 5.74) is 1.34. The van der Waals surface area contributed by atoms with Crippen molar-refractivity contribution in [2.24, 2.45) is 0 Å². The van der Waals surface area contributed by atoms with E-state index in [-0.39, 0.29) is 0 Å². The molecule has 0 aliphatic rings. The number of hydrogen-bond donors (Lipinski definition) is 0. The van der Waals surface area contributed by atoms with Crippen LogP contribution in [0.3, 0.4) is 0 Å². The predicted octanol–water partition coefficient (Wildman–Crippen LogP) is 7.13. The van der Waals surface area contributed by atoms with Gasteiger partial charge in [0.15, 0.2) is 11.1 Å². The van der Waals surface area contributed by atoms with Crippen LogP contribution in [-0.2, 0) is 15.5 Å². The first kappa shape index (κ1) is 22.9. The van der Waals surface area contributed by atoms with Gasteiger partial charge in [-0.15, -0.1) is 0 Å². The maximum Gasteiger partial charge on any atom is 0.492 e. The van der Waals surface area contributed by atoms with Crippen LogP contribution in [0.25, 0.3) is 0 Å². The van der Waals surface area contributed by atoms with E-state index >= 15 is 0 Å². The van der Waals surface area contributed by atoms with Crippen LogP contribution in [0.1, 0.15) is 64.9 Å². The Hall–Kier alpha value is -1.41. The Morgan fingerprint density at radius 2 is 1.25 bits per heavy atom. The average molecular weight is 404 g/mol. The van der Waals surface area contributed by atoms with E-state index in [2.05, 4.69) is 57.2 Å². The van der Waals surface area contributed by atoms with E-state index in [0.29, 0.717) is 13.2 Å². The molecule has 28 heavy (non-hydrogen) atoms. The molecule has 0 aromatic heterocycles. The Morgan fingerprint density at radius 1 is 0.679 bits per heavy atom. The van der Waals surface area contributed by atoms with E-state index in [9.17, 15) is 0 Å². The lowest BCUT2D eigenvalue weighted by atomic mass is 10.1. The molecular formula is C24H36O3P+. The first-order valence-electron chi connectivity index (χ1n) is 10.8. The van der Waals surface area contributed by atoms with Gasteiger partial charge in [0, 0.05) is 0 Å². The minimum atomic E-state index is -2.67. The number of aryl methyl sites for hydroxylation is 1. The maximum absolute atomic E-state index is 6.51. The van der Waals surface area contributed by atoms with Crippen LogP contribution in [0.5, 0.6) is 5.75 Å². The van der Waals surface area contributed by atoms with Gasteiger partial charge in [-0.05, 0) is 55.5 Å². The average Bonchev–Trinajstić information content (AvgIpc) is 2.74. The molecule has 154 valence electrons. The first-order chi connectivity index (χ1) is 13.7. The molecule has 0 atom stereocenters. The van der Waals surface area contributed by atoms with Gasteiger partial charge < -0.3 is 0 Å². The molecule has 0 heterocycles. The van der Waals surface area contributed by atoms with Gasteiger partial charge in [-0.2, -0.15) is 9.05 Å². The number of rotatable bonds is 14. The zero-order valence-electron chi connectivity index (χ0n) is 17.7. The number of unbranched alkanes of at least 4 members (excludes halogenated alkanes) is 3. The van der Waals surface area contributed by atoms with E-state index in [1.165, 1.54) is 18.4 Å². The van der Waals surface area contributed by atoms with Crippen LogP contribution in [0.2, 0.25) is 0 Å². The molecule has 0 aliphatic carbocycles. The highest BCUT2D eigenvalue weighted by Crippen LogP contribution is 2.60. The van der Waals surface area contributed by atoms with Crippen LogP contribution in [0, 0.1) is 0 Å². The van der Waals surface area contributed by atoms with E-state index in [4.69, 9.17) is 13.6 Å². The van der Waals surface area contributed by atoms with Crippen molar-refractivity contribution in [2.75, 3.05) is 13.2 Å². The largest absolute Gasteiger partial charge is 0.492 e. The molecule has 0 aliphatic heterocycles. The SMILES string of the molecule is CCCCO[P+](OCCCC)(Oc1ccc(CCCC)cc1)c1ccccc1. The molecule has 3 nitrogen and oxygen atoms in total. The molecule has 2 rings (SSSR count). The second-order valence-electron chi connectivity index (χ2n) is 7.05. The van der Waals surface area contributed by atoms with Crippen molar-refractivity contribution in [3.05, 3.63) is 60.2 Å². The highest BCUT2D eigenvalue weighted by molar-refractivity contribution is 7.69. The fourth-order valence-electron chi connectivity index (χ4n) is 2.80.